The van der Waals surface area contributed by atoms with E-state index in [1.165, 1.54) is 18.4 Å². The molecule has 25 heavy (non-hydrogen) atoms. The Balaban J connectivity index is 1.77. The van der Waals surface area contributed by atoms with Crippen molar-refractivity contribution in [3.05, 3.63) is 53.9 Å². The van der Waals surface area contributed by atoms with Crippen LogP contribution in [-0.2, 0) is 5.41 Å². The molecule has 1 heterocycles. The maximum absolute atomic E-state index is 12.4. The third-order valence-electron chi connectivity index (χ3n) is 4.70. The van der Waals surface area contributed by atoms with Crippen molar-refractivity contribution in [1.82, 2.24) is 10.3 Å². The average molecular weight is 337 g/mol. The van der Waals surface area contributed by atoms with Crippen molar-refractivity contribution in [2.24, 2.45) is 0 Å². The Hall–Kier alpha value is -2.36. The molecule has 0 saturated heterocycles. The van der Waals surface area contributed by atoms with Crippen LogP contribution in [0.4, 0.5) is 11.4 Å². The topological polar surface area (TPSA) is 54.0 Å². The smallest absolute Gasteiger partial charge is 0.270 e. The Morgan fingerprint density at radius 1 is 1.12 bits per heavy atom. The Labute approximate surface area is 150 Å². The molecule has 2 aromatic rings. The SMILES string of the molecule is CC(C)(C)c1ccccc1Nc1ccnc(C(=O)NC2CCCC2)c1. The first-order valence-corrected chi connectivity index (χ1v) is 9.07. The number of nitrogens with zero attached hydrogens (tertiary/aromatic N) is 1. The lowest BCUT2D eigenvalue weighted by Crippen LogP contribution is -2.33. The largest absolute Gasteiger partial charge is 0.355 e. The van der Waals surface area contributed by atoms with Crippen molar-refractivity contribution in [2.45, 2.75) is 57.9 Å². The summed E-state index contributed by atoms with van der Waals surface area (Å²) in [5.41, 5.74) is 3.68. The van der Waals surface area contributed by atoms with Gasteiger partial charge < -0.3 is 10.6 Å². The molecule has 0 atom stereocenters. The van der Waals surface area contributed by atoms with Gasteiger partial charge in [-0.25, -0.2) is 0 Å². The summed E-state index contributed by atoms with van der Waals surface area (Å²) < 4.78 is 0. The number of carbonyl (C=O) groups is 1. The molecular formula is C21H27N3O. The van der Waals surface area contributed by atoms with E-state index in [0.717, 1.165) is 24.2 Å². The molecule has 1 fully saturated rings. The fourth-order valence-corrected chi connectivity index (χ4v) is 3.36. The molecular weight excluding hydrogens is 310 g/mol. The average Bonchev–Trinajstić information content (AvgIpc) is 3.07. The second-order valence-electron chi connectivity index (χ2n) is 7.81. The fraction of sp³-hybridized carbons (Fsp3) is 0.429. The van der Waals surface area contributed by atoms with Crippen LogP contribution in [0.25, 0.3) is 0 Å². The van der Waals surface area contributed by atoms with Gasteiger partial charge in [-0.15, -0.1) is 0 Å². The summed E-state index contributed by atoms with van der Waals surface area (Å²) in [5, 5.41) is 6.54. The van der Waals surface area contributed by atoms with Crippen LogP contribution in [0.1, 0.15) is 62.5 Å². The number of nitrogens with one attached hydrogen (secondary N) is 2. The van der Waals surface area contributed by atoms with E-state index in [9.17, 15) is 4.79 Å². The summed E-state index contributed by atoms with van der Waals surface area (Å²) in [6.07, 6.45) is 6.23. The predicted molar refractivity (Wildman–Crippen MR) is 102 cm³/mol. The van der Waals surface area contributed by atoms with E-state index in [4.69, 9.17) is 0 Å². The van der Waals surface area contributed by atoms with Crippen LogP contribution < -0.4 is 10.6 Å². The lowest BCUT2D eigenvalue weighted by atomic mass is 9.86. The molecule has 0 bridgehead atoms. The van der Waals surface area contributed by atoms with Gasteiger partial charge in [-0.05, 0) is 42.0 Å². The van der Waals surface area contributed by atoms with Gasteiger partial charge in [-0.2, -0.15) is 0 Å². The second kappa shape index (κ2) is 7.26. The van der Waals surface area contributed by atoms with Gasteiger partial charge >= 0.3 is 0 Å². The second-order valence-corrected chi connectivity index (χ2v) is 7.81. The maximum Gasteiger partial charge on any atom is 0.270 e. The summed E-state index contributed by atoms with van der Waals surface area (Å²) >= 11 is 0. The first kappa shape index (κ1) is 17.5. The van der Waals surface area contributed by atoms with Crippen molar-refractivity contribution >= 4 is 17.3 Å². The third-order valence-corrected chi connectivity index (χ3v) is 4.70. The third kappa shape index (κ3) is 4.38. The van der Waals surface area contributed by atoms with Crippen molar-refractivity contribution < 1.29 is 4.79 Å². The van der Waals surface area contributed by atoms with Gasteiger partial charge in [-0.3, -0.25) is 9.78 Å². The van der Waals surface area contributed by atoms with E-state index in [-0.39, 0.29) is 11.3 Å². The van der Waals surface area contributed by atoms with Crippen molar-refractivity contribution in [3.63, 3.8) is 0 Å². The zero-order valence-corrected chi connectivity index (χ0v) is 15.3. The van der Waals surface area contributed by atoms with Crippen molar-refractivity contribution in [2.75, 3.05) is 5.32 Å². The summed E-state index contributed by atoms with van der Waals surface area (Å²) in [6.45, 7) is 6.58. The van der Waals surface area contributed by atoms with E-state index in [0.29, 0.717) is 11.7 Å². The molecule has 4 heteroatoms. The molecule has 0 aliphatic heterocycles. The molecule has 1 aromatic heterocycles. The normalized spacial score (nSPS) is 15.2. The number of rotatable bonds is 4. The molecule has 1 aliphatic rings. The first-order valence-electron chi connectivity index (χ1n) is 9.07. The lowest BCUT2D eigenvalue weighted by Gasteiger charge is -2.23. The monoisotopic (exact) mass is 337 g/mol. The standard InChI is InChI=1S/C21H27N3O/c1-21(2,3)17-10-6-7-11-18(17)23-16-12-13-22-19(14-16)20(25)24-15-8-4-5-9-15/h6-7,10-15H,4-5,8-9H2,1-3H3,(H,22,23)(H,24,25). The van der Waals surface area contributed by atoms with Gasteiger partial charge in [0.25, 0.3) is 5.91 Å². The van der Waals surface area contributed by atoms with Crippen LogP contribution in [-0.4, -0.2) is 16.9 Å². The number of anilines is 2. The van der Waals surface area contributed by atoms with E-state index < -0.39 is 0 Å². The highest BCUT2D eigenvalue weighted by molar-refractivity contribution is 5.93. The molecule has 1 saturated carbocycles. The number of hydrogen-bond acceptors (Lipinski definition) is 3. The minimum atomic E-state index is -0.0837. The number of hydrogen-bond donors (Lipinski definition) is 2. The number of para-hydroxylation sites is 1. The molecule has 3 rings (SSSR count). The highest BCUT2D eigenvalue weighted by Gasteiger charge is 2.20. The van der Waals surface area contributed by atoms with Crippen molar-refractivity contribution in [1.29, 1.82) is 0 Å². The van der Waals surface area contributed by atoms with Gasteiger partial charge in [0.15, 0.2) is 0 Å². The van der Waals surface area contributed by atoms with Crippen LogP contribution in [0.15, 0.2) is 42.6 Å². The molecule has 0 spiro atoms. The van der Waals surface area contributed by atoms with Crippen LogP contribution >= 0.6 is 0 Å². The van der Waals surface area contributed by atoms with Gasteiger partial charge in [0.05, 0.1) is 0 Å². The van der Waals surface area contributed by atoms with E-state index >= 15 is 0 Å². The van der Waals surface area contributed by atoms with Crippen LogP contribution in [0.5, 0.6) is 0 Å². The number of benzene rings is 1. The summed E-state index contributed by atoms with van der Waals surface area (Å²) in [5.74, 6) is -0.0837. The molecule has 1 aromatic carbocycles. The Morgan fingerprint density at radius 3 is 2.56 bits per heavy atom. The van der Waals surface area contributed by atoms with E-state index in [1.54, 1.807) is 6.20 Å². The van der Waals surface area contributed by atoms with E-state index in [1.807, 2.05) is 18.2 Å². The number of aromatic nitrogens is 1. The summed E-state index contributed by atoms with van der Waals surface area (Å²) in [6, 6.07) is 12.3. The molecule has 132 valence electrons. The van der Waals surface area contributed by atoms with Gasteiger partial charge in [-0.1, -0.05) is 51.8 Å². The molecule has 2 N–H and O–H groups in total. The van der Waals surface area contributed by atoms with Crippen LogP contribution in [0.3, 0.4) is 0 Å². The lowest BCUT2D eigenvalue weighted by molar-refractivity contribution is 0.0933. The predicted octanol–water partition coefficient (Wildman–Crippen LogP) is 4.80. The summed E-state index contributed by atoms with van der Waals surface area (Å²) in [7, 11) is 0. The van der Waals surface area contributed by atoms with Crippen LogP contribution in [0.2, 0.25) is 0 Å². The molecule has 1 amide bonds. The summed E-state index contributed by atoms with van der Waals surface area (Å²) in [4.78, 5) is 16.7. The molecule has 0 unspecified atom stereocenters. The highest BCUT2D eigenvalue weighted by Crippen LogP contribution is 2.31. The number of carbonyl (C=O) groups excluding carboxylic acids is 1. The zero-order chi connectivity index (χ0) is 17.9. The quantitative estimate of drug-likeness (QED) is 0.843. The Morgan fingerprint density at radius 2 is 1.84 bits per heavy atom. The number of amides is 1. The van der Waals surface area contributed by atoms with Gasteiger partial charge in [0.2, 0.25) is 0 Å². The van der Waals surface area contributed by atoms with Gasteiger partial charge in [0.1, 0.15) is 5.69 Å². The highest BCUT2D eigenvalue weighted by atomic mass is 16.1. The van der Waals surface area contributed by atoms with E-state index in [2.05, 4.69) is 54.6 Å². The first-order chi connectivity index (χ1) is 11.9. The fourth-order valence-electron chi connectivity index (χ4n) is 3.36. The number of pyridine rings is 1. The van der Waals surface area contributed by atoms with Crippen LogP contribution in [0, 0.1) is 0 Å². The maximum atomic E-state index is 12.4. The molecule has 1 aliphatic carbocycles. The zero-order valence-electron chi connectivity index (χ0n) is 15.3. The molecule has 4 nitrogen and oxygen atoms in total. The Kier molecular flexibility index (Phi) is 5.07. The van der Waals surface area contributed by atoms with Gasteiger partial charge in [0, 0.05) is 23.6 Å². The molecule has 0 radical (unpaired) electrons. The minimum absolute atomic E-state index is 0.0410. The van der Waals surface area contributed by atoms with Crippen molar-refractivity contribution in [3.8, 4) is 0 Å². The minimum Gasteiger partial charge on any atom is -0.355 e. The Bertz CT molecular complexity index is 743.